The first kappa shape index (κ1) is 38.0. The average Bonchev–Trinajstić information content (AvgIpc) is 2.45. The Labute approximate surface area is 141 Å². The number of hydrogen-bond acceptors (Lipinski definition) is 9. The Kier molecular flexibility index (Phi) is 78.6. The van der Waals surface area contributed by atoms with Gasteiger partial charge in [0.05, 0.1) is 19.8 Å². The summed E-state index contributed by atoms with van der Waals surface area (Å²) in [6.45, 7) is 4.67. The van der Waals surface area contributed by atoms with Crippen LogP contribution in [0.15, 0.2) is 0 Å². The molecule has 0 aliphatic rings. The Morgan fingerprint density at radius 3 is 0.625 bits per heavy atom. The summed E-state index contributed by atoms with van der Waals surface area (Å²) in [4.78, 5) is 27.0. The fraction of sp³-hybridized carbons (Fsp3) is 0.750. The molecule has 0 saturated carbocycles. The first-order valence-corrected chi connectivity index (χ1v) is 6.46. The molecule has 150 valence electrons. The first-order chi connectivity index (χ1) is 10.9. The van der Waals surface area contributed by atoms with Gasteiger partial charge in [-0.05, 0) is 0 Å². The SMILES string of the molecule is CC(=O)O.CC(=O)O.CC(=O)O.NCCO.NCCO.NCCO. The molecule has 0 aromatic rings. The summed E-state index contributed by atoms with van der Waals surface area (Å²) < 4.78 is 0. The van der Waals surface area contributed by atoms with Gasteiger partial charge in [0.1, 0.15) is 0 Å². The van der Waals surface area contributed by atoms with Crippen molar-refractivity contribution in [2.24, 2.45) is 17.2 Å². The van der Waals surface area contributed by atoms with Gasteiger partial charge in [0, 0.05) is 40.4 Å². The Morgan fingerprint density at radius 2 is 0.625 bits per heavy atom. The highest BCUT2D eigenvalue weighted by Gasteiger charge is 1.66. The number of hydrogen-bond donors (Lipinski definition) is 9. The van der Waals surface area contributed by atoms with Crippen molar-refractivity contribution in [3.05, 3.63) is 0 Å². The third-order valence-corrected chi connectivity index (χ3v) is 0.387. The van der Waals surface area contributed by atoms with Gasteiger partial charge in [0.15, 0.2) is 0 Å². The molecule has 0 aliphatic carbocycles. The maximum atomic E-state index is 9.00. The van der Waals surface area contributed by atoms with E-state index in [1.165, 1.54) is 0 Å². The van der Waals surface area contributed by atoms with Crippen LogP contribution in [0.2, 0.25) is 0 Å². The zero-order valence-electron chi connectivity index (χ0n) is 14.4. The predicted molar refractivity (Wildman–Crippen MR) is 88.4 cm³/mol. The minimum atomic E-state index is -0.833. The third-order valence-electron chi connectivity index (χ3n) is 0.387. The summed E-state index contributed by atoms with van der Waals surface area (Å²) in [5, 5.41) is 45.5. The van der Waals surface area contributed by atoms with Crippen LogP contribution in [0.25, 0.3) is 0 Å². The number of aliphatic carboxylic acids is 3. The van der Waals surface area contributed by atoms with Crippen LogP contribution in [0, 0.1) is 0 Å². The average molecular weight is 363 g/mol. The molecule has 0 aromatic carbocycles. The van der Waals surface area contributed by atoms with Gasteiger partial charge >= 0.3 is 0 Å². The fourth-order valence-corrected chi connectivity index (χ4v) is 0. The Balaban J connectivity index is -0.0000000405. The molecule has 0 atom stereocenters. The van der Waals surface area contributed by atoms with Gasteiger partial charge in [0.2, 0.25) is 0 Å². The maximum absolute atomic E-state index is 9.00. The van der Waals surface area contributed by atoms with Crippen molar-refractivity contribution in [1.29, 1.82) is 0 Å². The van der Waals surface area contributed by atoms with Crippen molar-refractivity contribution >= 4 is 17.9 Å². The van der Waals surface area contributed by atoms with Crippen molar-refractivity contribution in [3.8, 4) is 0 Å². The molecule has 0 spiro atoms. The second kappa shape index (κ2) is 49.7. The summed E-state index contributed by atoms with van der Waals surface area (Å²) in [6, 6.07) is 0. The van der Waals surface area contributed by atoms with Crippen molar-refractivity contribution in [2.45, 2.75) is 20.8 Å². The lowest BCUT2D eigenvalue weighted by atomic mass is 10.8. The summed E-state index contributed by atoms with van der Waals surface area (Å²) in [6.07, 6.45) is 0. The van der Waals surface area contributed by atoms with Crippen LogP contribution in [0.4, 0.5) is 0 Å². The standard InChI is InChI=1S/3C2H7NO.3C2H4O2/c3*3-1-2-4;3*1-2(3)4/h3*4H,1-3H2;3*1H3,(H,3,4). The second-order valence-corrected chi connectivity index (χ2v) is 3.09. The number of rotatable bonds is 3. The molecular formula is C12H33N3O9. The lowest BCUT2D eigenvalue weighted by Gasteiger charge is -1.71. The minimum Gasteiger partial charge on any atom is -0.481 e. The summed E-state index contributed by atoms with van der Waals surface area (Å²) in [7, 11) is 0. The zero-order chi connectivity index (χ0) is 21.0. The van der Waals surface area contributed by atoms with Crippen molar-refractivity contribution < 1.29 is 45.0 Å². The normalized spacial score (nSPS) is 6.88. The van der Waals surface area contributed by atoms with Crippen LogP contribution in [-0.4, -0.2) is 88.0 Å². The van der Waals surface area contributed by atoms with E-state index < -0.39 is 17.9 Å². The smallest absolute Gasteiger partial charge is 0.300 e. The monoisotopic (exact) mass is 363 g/mol. The zero-order valence-corrected chi connectivity index (χ0v) is 14.4. The van der Waals surface area contributed by atoms with Gasteiger partial charge in [-0.3, -0.25) is 14.4 Å². The molecule has 0 aromatic heterocycles. The minimum absolute atomic E-state index is 0.0972. The van der Waals surface area contributed by atoms with E-state index in [1.807, 2.05) is 0 Å². The molecule has 0 heterocycles. The Bertz CT molecular complexity index is 186. The van der Waals surface area contributed by atoms with Crippen LogP contribution in [-0.2, 0) is 14.4 Å². The second-order valence-electron chi connectivity index (χ2n) is 3.09. The molecule has 0 amide bonds. The molecule has 0 bridgehead atoms. The number of carboxylic acids is 3. The summed E-state index contributed by atoms with van der Waals surface area (Å²) >= 11 is 0. The lowest BCUT2D eigenvalue weighted by molar-refractivity contribution is -0.135. The molecule has 12 heteroatoms. The number of nitrogens with two attached hydrogens (primary N) is 3. The molecule has 24 heavy (non-hydrogen) atoms. The van der Waals surface area contributed by atoms with Crippen LogP contribution < -0.4 is 17.2 Å². The van der Waals surface area contributed by atoms with Gasteiger partial charge in [0.25, 0.3) is 17.9 Å². The van der Waals surface area contributed by atoms with E-state index >= 15 is 0 Å². The van der Waals surface area contributed by atoms with E-state index in [0.717, 1.165) is 20.8 Å². The van der Waals surface area contributed by atoms with Crippen molar-refractivity contribution in [3.63, 3.8) is 0 Å². The van der Waals surface area contributed by atoms with Crippen LogP contribution in [0.5, 0.6) is 0 Å². The largest absolute Gasteiger partial charge is 0.481 e. The number of carboxylic acid groups (broad SMARTS) is 3. The van der Waals surface area contributed by atoms with Crippen molar-refractivity contribution in [2.75, 3.05) is 39.5 Å². The van der Waals surface area contributed by atoms with E-state index in [0.29, 0.717) is 19.6 Å². The van der Waals surface area contributed by atoms with Gasteiger partial charge in [-0.25, -0.2) is 0 Å². The molecule has 0 rings (SSSR count). The number of aliphatic hydroxyl groups is 3. The predicted octanol–water partition coefficient (Wildman–Crippen LogP) is -2.92. The third kappa shape index (κ3) is 5410. The molecule has 12 N–H and O–H groups in total. The van der Waals surface area contributed by atoms with E-state index in [4.69, 9.17) is 62.2 Å². The highest BCUT2D eigenvalue weighted by Crippen LogP contribution is 1.42. The molecule has 0 saturated heterocycles. The maximum Gasteiger partial charge on any atom is 0.300 e. The molecule has 0 radical (unpaired) electrons. The Morgan fingerprint density at radius 1 is 0.583 bits per heavy atom. The molecule has 12 nitrogen and oxygen atoms in total. The van der Waals surface area contributed by atoms with Crippen LogP contribution in [0.3, 0.4) is 0 Å². The molecular weight excluding hydrogens is 330 g/mol. The van der Waals surface area contributed by atoms with Crippen molar-refractivity contribution in [1.82, 2.24) is 0 Å². The van der Waals surface area contributed by atoms with Gasteiger partial charge in [-0.1, -0.05) is 0 Å². The molecule has 0 unspecified atom stereocenters. The number of aliphatic hydroxyl groups excluding tert-OH is 3. The lowest BCUT2D eigenvalue weighted by Crippen LogP contribution is -2.02. The van der Waals surface area contributed by atoms with E-state index in [1.54, 1.807) is 0 Å². The van der Waals surface area contributed by atoms with Gasteiger partial charge in [-0.15, -0.1) is 0 Å². The van der Waals surface area contributed by atoms with Gasteiger partial charge in [-0.2, -0.15) is 0 Å². The topological polar surface area (TPSA) is 251 Å². The first-order valence-electron chi connectivity index (χ1n) is 6.46. The highest BCUT2D eigenvalue weighted by atomic mass is 16.4. The summed E-state index contributed by atoms with van der Waals surface area (Å²) in [5.41, 5.74) is 14.3. The highest BCUT2D eigenvalue weighted by molar-refractivity contribution is 5.63. The number of carbonyl (C=O) groups is 3. The van der Waals surface area contributed by atoms with Gasteiger partial charge < -0.3 is 47.8 Å². The molecule has 0 fully saturated rings. The quantitative estimate of drug-likeness (QED) is 0.244. The van der Waals surface area contributed by atoms with E-state index in [9.17, 15) is 0 Å². The fourth-order valence-electron chi connectivity index (χ4n) is 0. The van der Waals surface area contributed by atoms with E-state index in [2.05, 4.69) is 0 Å². The van der Waals surface area contributed by atoms with Crippen LogP contribution >= 0.6 is 0 Å². The van der Waals surface area contributed by atoms with Crippen LogP contribution in [0.1, 0.15) is 20.8 Å². The molecule has 0 aliphatic heterocycles. The summed E-state index contributed by atoms with van der Waals surface area (Å²) in [5.74, 6) is -2.50. The Hall–Kier alpha value is -1.83. The van der Waals surface area contributed by atoms with E-state index in [-0.39, 0.29) is 19.8 Å².